The molecule has 0 radical (unpaired) electrons. The van der Waals surface area contributed by atoms with Gasteiger partial charge in [0.05, 0.1) is 21.6 Å². The van der Waals surface area contributed by atoms with Crippen LogP contribution in [0.4, 0.5) is 17.1 Å². The van der Waals surface area contributed by atoms with Crippen molar-refractivity contribution in [3.63, 3.8) is 0 Å². The van der Waals surface area contributed by atoms with Gasteiger partial charge in [0.25, 0.3) is 5.69 Å². The molecule has 1 heterocycles. The van der Waals surface area contributed by atoms with Gasteiger partial charge < -0.3 is 9.47 Å². The van der Waals surface area contributed by atoms with Crippen LogP contribution in [0.15, 0.2) is 70.2 Å². The Morgan fingerprint density at radius 1 is 0.938 bits per heavy atom. The molecule has 11 heteroatoms. The number of hydrazone groups is 1. The third-order valence-electron chi connectivity index (χ3n) is 4.62. The molecule has 0 unspecified atom stereocenters. The van der Waals surface area contributed by atoms with E-state index in [-0.39, 0.29) is 11.4 Å². The maximum Gasteiger partial charge on any atom is 0.301 e. The van der Waals surface area contributed by atoms with Crippen LogP contribution in [0.1, 0.15) is 11.1 Å². The molecule has 1 aliphatic rings. The van der Waals surface area contributed by atoms with Crippen LogP contribution in [0.3, 0.4) is 0 Å². The summed E-state index contributed by atoms with van der Waals surface area (Å²) in [7, 11) is 0. The summed E-state index contributed by atoms with van der Waals surface area (Å²) in [5.41, 5.74) is 3.74. The first-order chi connectivity index (χ1) is 15.4. The molecule has 0 amide bonds. The summed E-state index contributed by atoms with van der Waals surface area (Å²) in [6, 6.07) is 16.0. The Balaban J connectivity index is 1.79. The number of benzene rings is 3. The van der Waals surface area contributed by atoms with E-state index in [1.807, 2.05) is 24.3 Å². The van der Waals surface area contributed by atoms with E-state index >= 15 is 0 Å². The minimum Gasteiger partial charge on any atom is -0.486 e. The Kier molecular flexibility index (Phi) is 5.99. The lowest BCUT2D eigenvalue weighted by Crippen LogP contribution is -2.16. The zero-order valence-corrected chi connectivity index (χ0v) is 17.9. The normalized spacial score (nSPS) is 12.8. The first kappa shape index (κ1) is 21.2. The molecular weight excluding hydrogens is 484 g/mol. The second-order valence-electron chi connectivity index (χ2n) is 6.63. The van der Waals surface area contributed by atoms with Crippen molar-refractivity contribution in [3.05, 3.63) is 96.5 Å². The number of halogens is 1. The molecule has 4 rings (SSSR count). The van der Waals surface area contributed by atoms with Crippen molar-refractivity contribution in [1.82, 2.24) is 0 Å². The Bertz CT molecular complexity index is 1250. The number of non-ortho nitro benzene ring substituents is 1. The van der Waals surface area contributed by atoms with Crippen molar-refractivity contribution in [3.8, 4) is 11.5 Å². The van der Waals surface area contributed by atoms with Crippen LogP contribution in [0, 0.1) is 20.2 Å². The van der Waals surface area contributed by atoms with E-state index in [0.717, 1.165) is 16.1 Å². The van der Waals surface area contributed by atoms with Crippen molar-refractivity contribution in [2.45, 2.75) is 0 Å². The molecule has 0 aromatic heterocycles. The summed E-state index contributed by atoms with van der Waals surface area (Å²) >= 11 is 3.51. The number of rotatable bonds is 6. The number of nitro groups is 2. The fourth-order valence-corrected chi connectivity index (χ4v) is 3.59. The van der Waals surface area contributed by atoms with Gasteiger partial charge in [-0.1, -0.05) is 34.1 Å². The van der Waals surface area contributed by atoms with Crippen LogP contribution in [0.5, 0.6) is 11.5 Å². The number of nitro benzene ring substituents is 2. The van der Waals surface area contributed by atoms with Gasteiger partial charge in [-0.15, -0.1) is 0 Å². The van der Waals surface area contributed by atoms with Crippen LogP contribution in [0.25, 0.3) is 0 Å². The quantitative estimate of drug-likeness (QED) is 0.290. The van der Waals surface area contributed by atoms with Crippen molar-refractivity contribution in [2.24, 2.45) is 5.10 Å². The molecule has 1 aliphatic heterocycles. The van der Waals surface area contributed by atoms with Gasteiger partial charge >= 0.3 is 5.69 Å². The van der Waals surface area contributed by atoms with Gasteiger partial charge in [0.1, 0.15) is 18.9 Å². The van der Waals surface area contributed by atoms with Gasteiger partial charge in [0.15, 0.2) is 11.5 Å². The summed E-state index contributed by atoms with van der Waals surface area (Å²) in [6.45, 7) is 0.883. The molecule has 1 N–H and O–H groups in total. The maximum absolute atomic E-state index is 11.5. The van der Waals surface area contributed by atoms with Gasteiger partial charge in [-0.2, -0.15) is 5.10 Å². The average molecular weight is 499 g/mol. The first-order valence-electron chi connectivity index (χ1n) is 9.35. The molecule has 162 valence electrons. The zero-order chi connectivity index (χ0) is 22.7. The standard InChI is InChI=1S/C21H15BrN4O6/c22-16-4-2-1-3-15(16)21(13-5-8-19-20(11-13)32-10-9-31-19)24-23-17-7-6-14(25(27)28)12-18(17)26(29)30/h1-8,11-12,23H,9-10H2/b24-21-. The average Bonchev–Trinajstić information content (AvgIpc) is 2.80. The lowest BCUT2D eigenvalue weighted by Gasteiger charge is -2.19. The van der Waals surface area contributed by atoms with Crippen LogP contribution >= 0.6 is 15.9 Å². The summed E-state index contributed by atoms with van der Waals surface area (Å²) in [5, 5.41) is 26.9. The second kappa shape index (κ2) is 9.02. The van der Waals surface area contributed by atoms with E-state index in [0.29, 0.717) is 36.0 Å². The number of nitrogens with zero attached hydrogens (tertiary/aromatic N) is 3. The Labute approximate surface area is 189 Å². The Hall–Kier alpha value is -3.99. The second-order valence-corrected chi connectivity index (χ2v) is 7.48. The molecule has 3 aromatic rings. The highest BCUT2D eigenvalue weighted by molar-refractivity contribution is 9.10. The summed E-state index contributed by atoms with van der Waals surface area (Å²) in [6.07, 6.45) is 0. The summed E-state index contributed by atoms with van der Waals surface area (Å²) < 4.78 is 12.0. The van der Waals surface area contributed by atoms with E-state index in [4.69, 9.17) is 9.47 Å². The van der Waals surface area contributed by atoms with Gasteiger partial charge in [0.2, 0.25) is 0 Å². The number of nitrogens with one attached hydrogen (secondary N) is 1. The molecule has 0 saturated heterocycles. The monoisotopic (exact) mass is 498 g/mol. The summed E-state index contributed by atoms with van der Waals surface area (Å²) in [4.78, 5) is 21.0. The fraction of sp³-hybridized carbons (Fsp3) is 0.0952. The van der Waals surface area contributed by atoms with Crippen LogP contribution < -0.4 is 14.9 Å². The van der Waals surface area contributed by atoms with E-state index in [2.05, 4.69) is 26.5 Å². The highest BCUT2D eigenvalue weighted by Gasteiger charge is 2.21. The van der Waals surface area contributed by atoms with Gasteiger partial charge in [0, 0.05) is 21.7 Å². The maximum atomic E-state index is 11.5. The van der Waals surface area contributed by atoms with Gasteiger partial charge in [-0.05, 0) is 30.3 Å². The van der Waals surface area contributed by atoms with Crippen molar-refractivity contribution in [1.29, 1.82) is 0 Å². The van der Waals surface area contributed by atoms with E-state index in [1.54, 1.807) is 18.2 Å². The molecule has 3 aromatic carbocycles. The number of hydrogen-bond donors (Lipinski definition) is 1. The molecule has 0 atom stereocenters. The van der Waals surface area contributed by atoms with E-state index in [9.17, 15) is 20.2 Å². The largest absolute Gasteiger partial charge is 0.486 e. The number of hydrogen-bond acceptors (Lipinski definition) is 8. The minimum absolute atomic E-state index is 0.0164. The Morgan fingerprint density at radius 3 is 2.41 bits per heavy atom. The van der Waals surface area contributed by atoms with Crippen molar-refractivity contribution < 1.29 is 19.3 Å². The fourth-order valence-electron chi connectivity index (χ4n) is 3.12. The minimum atomic E-state index is -0.701. The third kappa shape index (κ3) is 4.37. The predicted molar refractivity (Wildman–Crippen MR) is 121 cm³/mol. The SMILES string of the molecule is O=[N+]([O-])c1ccc(N/N=C(/c2ccc3c(c2)OCCO3)c2ccccc2Br)c([N+](=O)[O-])c1. The van der Waals surface area contributed by atoms with E-state index in [1.165, 1.54) is 12.1 Å². The molecular formula is C21H15BrN4O6. The molecule has 0 saturated carbocycles. The van der Waals surface area contributed by atoms with Gasteiger partial charge in [-0.3, -0.25) is 25.7 Å². The lowest BCUT2D eigenvalue weighted by molar-refractivity contribution is -0.393. The molecule has 0 spiro atoms. The summed E-state index contributed by atoms with van der Waals surface area (Å²) in [5.74, 6) is 1.18. The van der Waals surface area contributed by atoms with Crippen LogP contribution in [-0.4, -0.2) is 28.8 Å². The van der Waals surface area contributed by atoms with Gasteiger partial charge in [-0.25, -0.2) is 0 Å². The van der Waals surface area contributed by atoms with E-state index < -0.39 is 15.5 Å². The zero-order valence-electron chi connectivity index (χ0n) is 16.4. The number of anilines is 1. The highest BCUT2D eigenvalue weighted by Crippen LogP contribution is 2.33. The smallest absolute Gasteiger partial charge is 0.301 e. The lowest BCUT2D eigenvalue weighted by atomic mass is 10.0. The first-order valence-corrected chi connectivity index (χ1v) is 10.1. The number of fused-ring (bicyclic) bond motifs is 1. The predicted octanol–water partition coefficient (Wildman–Crippen LogP) is 4.90. The molecule has 0 fully saturated rings. The molecule has 0 aliphatic carbocycles. The highest BCUT2D eigenvalue weighted by atomic mass is 79.9. The topological polar surface area (TPSA) is 129 Å². The Morgan fingerprint density at radius 2 is 1.69 bits per heavy atom. The molecule has 0 bridgehead atoms. The molecule has 32 heavy (non-hydrogen) atoms. The number of ether oxygens (including phenoxy) is 2. The van der Waals surface area contributed by atoms with Crippen molar-refractivity contribution >= 4 is 38.7 Å². The molecule has 10 nitrogen and oxygen atoms in total. The van der Waals surface area contributed by atoms with Crippen LogP contribution in [-0.2, 0) is 0 Å². The third-order valence-corrected chi connectivity index (χ3v) is 5.31. The van der Waals surface area contributed by atoms with Crippen LogP contribution in [0.2, 0.25) is 0 Å². The van der Waals surface area contributed by atoms with Crippen molar-refractivity contribution in [2.75, 3.05) is 18.6 Å².